The summed E-state index contributed by atoms with van der Waals surface area (Å²) in [6.45, 7) is 6.70. The molecule has 1 atom stereocenters. The molecule has 1 unspecified atom stereocenters. The zero-order chi connectivity index (χ0) is 21.0. The largest absolute Gasteiger partial charge is 0.489 e. The summed E-state index contributed by atoms with van der Waals surface area (Å²) in [5, 5.41) is 12.6. The molecule has 0 radical (unpaired) electrons. The van der Waals surface area contributed by atoms with Crippen molar-refractivity contribution in [3.8, 4) is 16.3 Å². The molecule has 29 heavy (non-hydrogen) atoms. The van der Waals surface area contributed by atoms with Crippen LogP contribution in [0.25, 0.3) is 10.6 Å². The Kier molecular flexibility index (Phi) is 6.26. The summed E-state index contributed by atoms with van der Waals surface area (Å²) < 4.78 is 11.1. The molecule has 0 spiro atoms. The number of hydrogen-bond donors (Lipinski definition) is 2. The lowest BCUT2D eigenvalue weighted by Crippen LogP contribution is -2.31. The van der Waals surface area contributed by atoms with Crippen molar-refractivity contribution in [2.75, 3.05) is 13.1 Å². The van der Waals surface area contributed by atoms with Gasteiger partial charge in [-0.15, -0.1) is 11.3 Å². The molecule has 1 aliphatic heterocycles. The van der Waals surface area contributed by atoms with E-state index in [0.717, 1.165) is 15.4 Å². The van der Waals surface area contributed by atoms with E-state index in [9.17, 15) is 9.59 Å². The van der Waals surface area contributed by atoms with Crippen molar-refractivity contribution in [1.82, 2.24) is 15.2 Å². The average Bonchev–Trinajstić information content (AvgIpc) is 3.29. The monoisotopic (exact) mass is 419 g/mol. The van der Waals surface area contributed by atoms with Crippen LogP contribution in [0.1, 0.15) is 32.1 Å². The number of ether oxygens (including phenoxy) is 2. The van der Waals surface area contributed by atoms with Crippen LogP contribution in [0.3, 0.4) is 0 Å². The summed E-state index contributed by atoms with van der Waals surface area (Å²) in [5.41, 5.74) is 0.418. The molecule has 0 aliphatic carbocycles. The Morgan fingerprint density at radius 1 is 1.31 bits per heavy atom. The molecule has 1 aromatic carbocycles. The van der Waals surface area contributed by atoms with Crippen LogP contribution in [0, 0.1) is 0 Å². The van der Waals surface area contributed by atoms with Crippen molar-refractivity contribution in [2.24, 2.45) is 0 Å². The lowest BCUT2D eigenvalue weighted by atomic mass is 10.2. The van der Waals surface area contributed by atoms with E-state index in [1.54, 1.807) is 6.20 Å². The Morgan fingerprint density at radius 2 is 2.03 bits per heavy atom. The molecular formula is C20H25N3O5S. The van der Waals surface area contributed by atoms with Gasteiger partial charge in [0.15, 0.2) is 0 Å². The number of likely N-dealkylation sites (tertiary alicyclic amines) is 1. The number of benzene rings is 1. The van der Waals surface area contributed by atoms with Gasteiger partial charge in [-0.3, -0.25) is 0 Å². The van der Waals surface area contributed by atoms with Crippen molar-refractivity contribution in [2.45, 2.75) is 45.4 Å². The van der Waals surface area contributed by atoms with Gasteiger partial charge in [-0.1, -0.05) is 0 Å². The Hall–Kier alpha value is -2.81. The molecule has 2 heterocycles. The number of hydrogen-bond acceptors (Lipinski definition) is 6. The predicted molar refractivity (Wildman–Crippen MR) is 109 cm³/mol. The van der Waals surface area contributed by atoms with Gasteiger partial charge in [-0.05, 0) is 45.0 Å². The highest BCUT2D eigenvalue weighted by Gasteiger charge is 2.27. The zero-order valence-electron chi connectivity index (χ0n) is 16.7. The topological polar surface area (TPSA) is 101 Å². The number of thiazole rings is 1. The number of carbonyl (C=O) groups is 2. The van der Waals surface area contributed by atoms with E-state index in [1.165, 1.54) is 16.2 Å². The molecule has 3 rings (SSSR count). The normalized spacial score (nSPS) is 16.5. The summed E-state index contributed by atoms with van der Waals surface area (Å²) in [7, 11) is 0. The maximum Gasteiger partial charge on any atom is 0.407 e. The summed E-state index contributed by atoms with van der Waals surface area (Å²) in [6, 6.07) is 7.56. The molecule has 8 nitrogen and oxygen atoms in total. The first-order valence-electron chi connectivity index (χ1n) is 9.36. The molecule has 2 amide bonds. The highest BCUT2D eigenvalue weighted by atomic mass is 32.1. The third kappa shape index (κ3) is 6.08. The van der Waals surface area contributed by atoms with Gasteiger partial charge in [0.1, 0.15) is 22.5 Å². The Bertz CT molecular complexity index is 860. The highest BCUT2D eigenvalue weighted by Crippen LogP contribution is 2.28. The van der Waals surface area contributed by atoms with Crippen molar-refractivity contribution < 1.29 is 24.2 Å². The van der Waals surface area contributed by atoms with Gasteiger partial charge in [-0.2, -0.15) is 0 Å². The Morgan fingerprint density at radius 3 is 2.66 bits per heavy atom. The fraction of sp³-hybridized carbons (Fsp3) is 0.450. The standard InChI is InChI=1S/C20H25N3O5S/c1-20(2,3)28-18(24)22-11-16-10-21-17(29-16)13-4-6-14(7-5-13)27-15-8-9-23(12-15)19(25)26/h4-7,10,15H,8-9,11-12H2,1-3H3,(H,22,24)(H,25,26). The van der Waals surface area contributed by atoms with Crippen LogP contribution in [-0.2, 0) is 11.3 Å². The van der Waals surface area contributed by atoms with Crippen LogP contribution in [0.15, 0.2) is 30.5 Å². The zero-order valence-corrected chi connectivity index (χ0v) is 17.5. The van der Waals surface area contributed by atoms with Crippen molar-refractivity contribution in [3.05, 3.63) is 35.3 Å². The van der Waals surface area contributed by atoms with E-state index in [2.05, 4.69) is 10.3 Å². The third-order valence-corrected chi connectivity index (χ3v) is 5.23. The van der Waals surface area contributed by atoms with Gasteiger partial charge in [0.2, 0.25) is 0 Å². The number of carboxylic acid groups (broad SMARTS) is 1. The molecular weight excluding hydrogens is 394 g/mol. The average molecular weight is 420 g/mol. The molecule has 1 aromatic heterocycles. The first kappa shape index (κ1) is 20.9. The smallest absolute Gasteiger partial charge is 0.407 e. The second-order valence-corrected chi connectivity index (χ2v) is 8.88. The molecule has 1 aliphatic rings. The van der Waals surface area contributed by atoms with E-state index in [0.29, 0.717) is 31.8 Å². The lowest BCUT2D eigenvalue weighted by Gasteiger charge is -2.19. The highest BCUT2D eigenvalue weighted by molar-refractivity contribution is 7.15. The SMILES string of the molecule is CC(C)(C)OC(=O)NCc1cnc(-c2ccc(OC3CCN(C(=O)O)C3)cc2)s1. The van der Waals surface area contributed by atoms with Gasteiger partial charge in [0.05, 0.1) is 13.1 Å². The molecule has 0 bridgehead atoms. The van der Waals surface area contributed by atoms with Crippen LogP contribution in [0.4, 0.5) is 9.59 Å². The van der Waals surface area contributed by atoms with Crippen LogP contribution in [0.2, 0.25) is 0 Å². The van der Waals surface area contributed by atoms with Crippen LogP contribution in [0.5, 0.6) is 5.75 Å². The maximum absolute atomic E-state index is 11.7. The molecule has 156 valence electrons. The van der Waals surface area contributed by atoms with Crippen molar-refractivity contribution in [1.29, 1.82) is 0 Å². The minimum Gasteiger partial charge on any atom is -0.489 e. The van der Waals surface area contributed by atoms with Crippen LogP contribution < -0.4 is 10.1 Å². The fourth-order valence-electron chi connectivity index (χ4n) is 2.86. The molecule has 2 aromatic rings. The van der Waals surface area contributed by atoms with Gasteiger partial charge >= 0.3 is 12.2 Å². The number of aromatic nitrogens is 1. The second-order valence-electron chi connectivity index (χ2n) is 7.77. The molecule has 2 N–H and O–H groups in total. The number of carbonyl (C=O) groups excluding carboxylic acids is 1. The molecule has 9 heteroatoms. The van der Waals surface area contributed by atoms with Crippen LogP contribution >= 0.6 is 11.3 Å². The summed E-state index contributed by atoms with van der Waals surface area (Å²) in [5.74, 6) is 0.703. The lowest BCUT2D eigenvalue weighted by molar-refractivity contribution is 0.0524. The summed E-state index contributed by atoms with van der Waals surface area (Å²) in [4.78, 5) is 29.4. The van der Waals surface area contributed by atoms with Gasteiger partial charge in [-0.25, -0.2) is 14.6 Å². The Labute approximate surface area is 173 Å². The number of rotatable bonds is 5. The Balaban J connectivity index is 1.53. The van der Waals surface area contributed by atoms with Crippen molar-refractivity contribution >= 4 is 23.5 Å². The first-order chi connectivity index (χ1) is 13.7. The van der Waals surface area contributed by atoms with Crippen molar-refractivity contribution in [3.63, 3.8) is 0 Å². The number of amides is 2. The summed E-state index contributed by atoms with van der Waals surface area (Å²) >= 11 is 1.49. The minimum atomic E-state index is -0.910. The molecule has 0 saturated carbocycles. The van der Waals surface area contributed by atoms with Gasteiger partial charge in [0.25, 0.3) is 0 Å². The van der Waals surface area contributed by atoms with E-state index < -0.39 is 17.8 Å². The molecule has 1 saturated heterocycles. The third-order valence-electron chi connectivity index (χ3n) is 4.18. The van der Waals surface area contributed by atoms with Gasteiger partial charge in [0, 0.05) is 29.6 Å². The first-order valence-corrected chi connectivity index (χ1v) is 10.2. The van der Waals surface area contributed by atoms with Gasteiger partial charge < -0.3 is 24.8 Å². The predicted octanol–water partition coefficient (Wildman–Crippen LogP) is 3.97. The quantitative estimate of drug-likeness (QED) is 0.761. The van der Waals surface area contributed by atoms with E-state index >= 15 is 0 Å². The number of nitrogens with one attached hydrogen (secondary N) is 1. The number of alkyl carbamates (subject to hydrolysis) is 1. The van der Waals surface area contributed by atoms with E-state index in [1.807, 2.05) is 45.0 Å². The maximum atomic E-state index is 11.7. The minimum absolute atomic E-state index is 0.123. The number of nitrogens with zero attached hydrogens (tertiary/aromatic N) is 2. The second kappa shape index (κ2) is 8.69. The molecule has 1 fully saturated rings. The van der Waals surface area contributed by atoms with E-state index in [4.69, 9.17) is 14.6 Å². The van der Waals surface area contributed by atoms with Crippen LogP contribution in [-0.4, -0.2) is 52.0 Å². The summed E-state index contributed by atoms with van der Waals surface area (Å²) in [6.07, 6.45) is 0.937. The fourth-order valence-corrected chi connectivity index (χ4v) is 3.72. The van der Waals surface area contributed by atoms with E-state index in [-0.39, 0.29) is 6.10 Å².